The average Bonchev–Trinajstić information content (AvgIpc) is 2.86. The molecule has 0 bridgehead atoms. The Labute approximate surface area is 143 Å². The maximum atomic E-state index is 7.50. The molecule has 0 aromatic carbocycles. The van der Waals surface area contributed by atoms with Crippen LogP contribution in [0.3, 0.4) is 0 Å². The summed E-state index contributed by atoms with van der Waals surface area (Å²) in [6.45, 7) is 28.0. The van der Waals surface area contributed by atoms with Gasteiger partial charge in [0.1, 0.15) is 0 Å². The van der Waals surface area contributed by atoms with E-state index in [-0.39, 0.29) is 17.4 Å². The fourth-order valence-corrected chi connectivity index (χ4v) is 17.1. The molecule has 0 saturated carbocycles. The van der Waals surface area contributed by atoms with Crippen LogP contribution in [0.5, 0.6) is 0 Å². The van der Waals surface area contributed by atoms with E-state index in [0.717, 1.165) is 24.5 Å². The minimum Gasteiger partial charge on any atom is 0 e. The third-order valence-corrected chi connectivity index (χ3v) is 16.5. The Morgan fingerprint density at radius 3 is 1.30 bits per heavy atom. The van der Waals surface area contributed by atoms with Gasteiger partial charge < -0.3 is 0 Å². The molecule has 1 aliphatic heterocycles. The van der Waals surface area contributed by atoms with Crippen LogP contribution in [0.1, 0.15) is 41.5 Å². The Morgan fingerprint density at radius 2 is 1.15 bits per heavy atom. The first kappa shape index (κ1) is 29.2. The first-order valence-corrected chi connectivity index (χ1v) is 11.2. The van der Waals surface area contributed by atoms with Crippen molar-refractivity contribution in [3.8, 4) is 0 Å². The van der Waals surface area contributed by atoms with Gasteiger partial charge in [0, 0.05) is 17.4 Å². The van der Waals surface area contributed by atoms with Crippen molar-refractivity contribution in [2.75, 3.05) is 0 Å². The van der Waals surface area contributed by atoms with Crippen molar-refractivity contribution in [2.45, 2.75) is 51.5 Å². The van der Waals surface area contributed by atoms with Crippen LogP contribution < -0.4 is 0 Å². The van der Waals surface area contributed by atoms with Crippen LogP contribution in [0.4, 0.5) is 0 Å². The van der Waals surface area contributed by atoms with Crippen molar-refractivity contribution in [2.24, 2.45) is 10.8 Å². The normalized spacial score (nSPS) is 22.8. The summed E-state index contributed by atoms with van der Waals surface area (Å²) in [6.07, 6.45) is 0. The second-order valence-corrected chi connectivity index (χ2v) is 14.0. The third-order valence-electron chi connectivity index (χ3n) is 2.27. The molecule has 1 aliphatic rings. The van der Waals surface area contributed by atoms with Crippen LogP contribution in [0.2, 0.25) is 0 Å². The molecule has 0 N–H and O–H groups in total. The molecule has 1 fully saturated rings. The van der Waals surface area contributed by atoms with Crippen molar-refractivity contribution in [1.29, 1.82) is 0 Å². The molecule has 4 atom stereocenters. The van der Waals surface area contributed by atoms with E-state index < -0.39 is 0 Å². The zero-order valence-electron chi connectivity index (χ0n) is 12.7. The van der Waals surface area contributed by atoms with E-state index in [9.17, 15) is 0 Å². The summed E-state index contributed by atoms with van der Waals surface area (Å²) in [4.78, 5) is 0. The minimum atomic E-state index is 0. The Bertz CT molecular complexity index is 258. The molecule has 1 rings (SSSR count). The van der Waals surface area contributed by atoms with Gasteiger partial charge in [0.25, 0.3) is 0 Å². The SMILES string of the molecule is CC(C)(C)C1P[Se]C(C(C)(C)C)P1.[C-]#[O+].[C-]#[O+].[C-]#[O+].[Cr]. The zero-order chi connectivity index (χ0) is 16.3. The maximum absolute atomic E-state index is 7.50. The second-order valence-electron chi connectivity index (χ2n) is 5.95. The van der Waals surface area contributed by atoms with Crippen LogP contribution >= 0.6 is 15.9 Å². The summed E-state index contributed by atoms with van der Waals surface area (Å²) in [7, 11) is 2.51. The van der Waals surface area contributed by atoms with Gasteiger partial charge in [0.15, 0.2) is 0 Å². The standard InChI is InChI=1S/C10H22P2Se.3CO.Cr/c1-9(2,3)7-11-8(13-12-7)10(4,5)6;3*1-2;/h7-8,11-12H,1-6H3;;;;. The van der Waals surface area contributed by atoms with Gasteiger partial charge in [-0.2, -0.15) is 0 Å². The number of hydrogen-bond acceptors (Lipinski definition) is 0. The molecule has 0 spiro atoms. The molecule has 0 aromatic heterocycles. The van der Waals surface area contributed by atoms with E-state index in [1.165, 1.54) is 15.9 Å². The Balaban J connectivity index is -0.000000162. The molecule has 3 nitrogen and oxygen atoms in total. The second kappa shape index (κ2) is 15.0. The van der Waals surface area contributed by atoms with Crippen molar-refractivity contribution in [1.82, 2.24) is 0 Å². The molecule has 7 heteroatoms. The maximum Gasteiger partial charge on any atom is 0 e. The molecule has 4 unspecified atom stereocenters. The molecule has 1 heterocycles. The Hall–Kier alpha value is 1.13. The van der Waals surface area contributed by atoms with Gasteiger partial charge >= 0.3 is 127 Å². The van der Waals surface area contributed by atoms with Crippen LogP contribution in [-0.4, -0.2) is 24.5 Å². The molecule has 1 saturated heterocycles. The van der Waals surface area contributed by atoms with Gasteiger partial charge in [-0.3, -0.25) is 0 Å². The molecular weight excluding hydrogens is 397 g/mol. The first-order valence-electron chi connectivity index (χ1n) is 5.50. The fourth-order valence-electron chi connectivity index (χ4n) is 1.21. The predicted octanol–water partition coefficient (Wildman–Crippen LogP) is 3.61. The Kier molecular flexibility index (Phi) is 21.9. The molecule has 0 aliphatic carbocycles. The monoisotopic (exact) mass is 420 g/mol. The largest absolute Gasteiger partial charge is 0 e. The fraction of sp³-hybridized carbons (Fsp3) is 0.769. The van der Waals surface area contributed by atoms with E-state index in [4.69, 9.17) is 14.0 Å². The molecular formula is C13H22CrO3P2Se. The van der Waals surface area contributed by atoms with Gasteiger partial charge in [-0.1, -0.05) is 0 Å². The summed E-state index contributed by atoms with van der Waals surface area (Å²) < 4.78 is 23.6. The van der Waals surface area contributed by atoms with Crippen molar-refractivity contribution in [3.05, 3.63) is 20.0 Å². The molecule has 0 amide bonds. The summed E-state index contributed by atoms with van der Waals surface area (Å²) >= 11 is 0.939. The van der Waals surface area contributed by atoms with Crippen LogP contribution in [-0.2, 0) is 31.3 Å². The van der Waals surface area contributed by atoms with Crippen molar-refractivity contribution >= 4 is 30.4 Å². The van der Waals surface area contributed by atoms with Crippen molar-refractivity contribution in [3.63, 3.8) is 0 Å². The van der Waals surface area contributed by atoms with Gasteiger partial charge in [-0.25, -0.2) is 0 Å². The smallest absolute Gasteiger partial charge is 0 e. The van der Waals surface area contributed by atoms with E-state index in [0.29, 0.717) is 10.8 Å². The summed E-state index contributed by atoms with van der Waals surface area (Å²) in [5.41, 5.74) is 1.14. The van der Waals surface area contributed by atoms with Gasteiger partial charge in [-0.05, 0) is 0 Å². The van der Waals surface area contributed by atoms with E-state index in [1.54, 1.807) is 0 Å². The number of rotatable bonds is 0. The summed E-state index contributed by atoms with van der Waals surface area (Å²) in [5, 5.41) is 1.04. The van der Waals surface area contributed by atoms with Crippen LogP contribution in [0.15, 0.2) is 0 Å². The van der Waals surface area contributed by atoms with Gasteiger partial charge in [0.05, 0.1) is 0 Å². The van der Waals surface area contributed by atoms with Crippen LogP contribution in [0, 0.1) is 30.8 Å². The molecule has 20 heavy (non-hydrogen) atoms. The van der Waals surface area contributed by atoms with E-state index in [1.807, 2.05) is 0 Å². The van der Waals surface area contributed by atoms with Gasteiger partial charge in [0.2, 0.25) is 0 Å². The minimum absolute atomic E-state index is 0. The zero-order valence-corrected chi connectivity index (χ0v) is 17.7. The van der Waals surface area contributed by atoms with E-state index in [2.05, 4.69) is 61.5 Å². The third kappa shape index (κ3) is 12.8. The van der Waals surface area contributed by atoms with E-state index >= 15 is 0 Å². The number of hydrogen-bond donors (Lipinski definition) is 0. The van der Waals surface area contributed by atoms with Gasteiger partial charge in [-0.15, -0.1) is 0 Å². The summed E-state index contributed by atoms with van der Waals surface area (Å²) in [6, 6.07) is 0. The van der Waals surface area contributed by atoms with Crippen LogP contribution in [0.25, 0.3) is 0 Å². The quantitative estimate of drug-likeness (QED) is 0.249. The molecule has 0 radical (unpaired) electrons. The predicted molar refractivity (Wildman–Crippen MR) is 80.7 cm³/mol. The van der Waals surface area contributed by atoms with Crippen molar-refractivity contribution < 1.29 is 31.3 Å². The molecule has 0 aromatic rings. The Morgan fingerprint density at radius 1 is 0.800 bits per heavy atom. The molecule has 114 valence electrons. The summed E-state index contributed by atoms with van der Waals surface area (Å²) in [5.74, 6) is 0. The first-order chi connectivity index (χ1) is 8.71. The topological polar surface area (TPSA) is 59.7 Å². The average molecular weight is 419 g/mol.